The molecule has 1 unspecified atom stereocenters. The molecule has 1 amide bonds. The average molecular weight is 290 g/mol. The lowest BCUT2D eigenvalue weighted by Crippen LogP contribution is -2.34. The van der Waals surface area contributed by atoms with E-state index in [1.165, 1.54) is 0 Å². The molecule has 1 aliphatic rings. The lowest BCUT2D eigenvalue weighted by atomic mass is 9.98. The minimum absolute atomic E-state index is 0.0565. The molecule has 0 aliphatic heterocycles. The van der Waals surface area contributed by atoms with Crippen LogP contribution >= 0.6 is 0 Å². The number of hydrogen-bond donors (Lipinski definition) is 1. The molecule has 0 radical (unpaired) electrons. The lowest BCUT2D eigenvalue weighted by Gasteiger charge is -2.27. The molecular formula is C17H26N2O2. The Morgan fingerprint density at radius 3 is 2.57 bits per heavy atom. The molecule has 0 heterocycles. The number of benzene rings is 1. The van der Waals surface area contributed by atoms with E-state index in [0.717, 1.165) is 30.6 Å². The third-order valence-corrected chi connectivity index (χ3v) is 4.73. The highest BCUT2D eigenvalue weighted by Crippen LogP contribution is 2.29. The highest BCUT2D eigenvalue weighted by atomic mass is 16.5. The fourth-order valence-electron chi connectivity index (χ4n) is 3.01. The Hall–Kier alpha value is -1.55. The molecule has 1 aliphatic carbocycles. The summed E-state index contributed by atoms with van der Waals surface area (Å²) in [6, 6.07) is 8.12. The first-order valence-electron chi connectivity index (χ1n) is 7.68. The summed E-state index contributed by atoms with van der Waals surface area (Å²) >= 11 is 0. The monoisotopic (exact) mass is 290 g/mol. The van der Waals surface area contributed by atoms with Crippen molar-refractivity contribution in [3.8, 4) is 5.75 Å². The van der Waals surface area contributed by atoms with Crippen molar-refractivity contribution < 1.29 is 9.53 Å². The van der Waals surface area contributed by atoms with Crippen molar-refractivity contribution in [2.75, 3.05) is 14.2 Å². The summed E-state index contributed by atoms with van der Waals surface area (Å²) in [5.74, 6) is 1.36. The molecule has 1 fully saturated rings. The molecule has 1 aromatic carbocycles. The van der Waals surface area contributed by atoms with Gasteiger partial charge in [-0.25, -0.2) is 0 Å². The van der Waals surface area contributed by atoms with Gasteiger partial charge in [-0.2, -0.15) is 0 Å². The number of amides is 1. The van der Waals surface area contributed by atoms with Gasteiger partial charge in [0.15, 0.2) is 0 Å². The molecule has 0 bridgehead atoms. The maximum atomic E-state index is 12.4. The topological polar surface area (TPSA) is 55.6 Å². The van der Waals surface area contributed by atoms with Crippen LogP contribution in [-0.4, -0.2) is 31.0 Å². The van der Waals surface area contributed by atoms with Crippen molar-refractivity contribution in [1.29, 1.82) is 0 Å². The van der Waals surface area contributed by atoms with Crippen molar-refractivity contribution in [3.05, 3.63) is 29.8 Å². The molecule has 21 heavy (non-hydrogen) atoms. The summed E-state index contributed by atoms with van der Waals surface area (Å²) in [6.07, 6.45) is 3.85. The van der Waals surface area contributed by atoms with Crippen LogP contribution in [0.25, 0.3) is 0 Å². The Morgan fingerprint density at radius 1 is 1.38 bits per heavy atom. The smallest absolute Gasteiger partial charge is 0.223 e. The molecule has 2 rings (SSSR count). The molecule has 1 saturated carbocycles. The molecule has 1 aromatic rings. The van der Waals surface area contributed by atoms with E-state index in [-0.39, 0.29) is 18.0 Å². The largest absolute Gasteiger partial charge is 0.497 e. The Balaban J connectivity index is 1.96. The van der Waals surface area contributed by atoms with E-state index in [1.807, 2.05) is 43.1 Å². The number of hydrogen-bond acceptors (Lipinski definition) is 3. The number of rotatable bonds is 5. The van der Waals surface area contributed by atoms with Crippen LogP contribution in [0.1, 0.15) is 44.2 Å². The molecule has 3 atom stereocenters. The third-order valence-electron chi connectivity index (χ3n) is 4.73. The average Bonchev–Trinajstić information content (AvgIpc) is 2.91. The van der Waals surface area contributed by atoms with Crippen LogP contribution in [0.4, 0.5) is 0 Å². The van der Waals surface area contributed by atoms with Gasteiger partial charge >= 0.3 is 0 Å². The summed E-state index contributed by atoms with van der Waals surface area (Å²) in [7, 11) is 3.52. The lowest BCUT2D eigenvalue weighted by molar-refractivity contribution is -0.132. The zero-order valence-corrected chi connectivity index (χ0v) is 13.2. The van der Waals surface area contributed by atoms with Gasteiger partial charge in [-0.3, -0.25) is 4.79 Å². The van der Waals surface area contributed by atoms with E-state index in [2.05, 4.69) is 0 Å². The van der Waals surface area contributed by atoms with E-state index in [4.69, 9.17) is 10.5 Å². The van der Waals surface area contributed by atoms with Crippen molar-refractivity contribution in [1.82, 2.24) is 4.90 Å². The number of nitrogens with two attached hydrogens (primary N) is 1. The number of ether oxygens (including phenoxy) is 1. The zero-order chi connectivity index (χ0) is 15.4. The number of carbonyl (C=O) groups is 1. The van der Waals surface area contributed by atoms with E-state index in [1.54, 1.807) is 7.11 Å². The van der Waals surface area contributed by atoms with E-state index in [9.17, 15) is 4.79 Å². The standard InChI is InChI=1S/C17H26N2O2/c1-12(13-7-9-15(21-3)10-8-13)19(2)17(20)11-14-5-4-6-16(14)18/h7-10,12,14,16H,4-6,11,18H2,1-3H3/t12?,14-,16+/m0/s1. The zero-order valence-electron chi connectivity index (χ0n) is 13.2. The first kappa shape index (κ1) is 15.8. The molecular weight excluding hydrogens is 264 g/mol. The van der Waals surface area contributed by atoms with Crippen molar-refractivity contribution in [2.24, 2.45) is 11.7 Å². The Bertz CT molecular complexity index is 472. The first-order valence-corrected chi connectivity index (χ1v) is 7.68. The molecule has 0 spiro atoms. The van der Waals surface area contributed by atoms with Gasteiger partial charge < -0.3 is 15.4 Å². The summed E-state index contributed by atoms with van der Waals surface area (Å²) in [5.41, 5.74) is 7.18. The van der Waals surface area contributed by atoms with Crippen LogP contribution < -0.4 is 10.5 Å². The number of methoxy groups -OCH3 is 1. The van der Waals surface area contributed by atoms with Crippen LogP contribution in [0, 0.1) is 5.92 Å². The third kappa shape index (κ3) is 3.76. The molecule has 116 valence electrons. The normalized spacial score (nSPS) is 22.9. The van der Waals surface area contributed by atoms with Gasteiger partial charge in [0.25, 0.3) is 0 Å². The molecule has 0 aromatic heterocycles. The van der Waals surface area contributed by atoms with Gasteiger partial charge in [0, 0.05) is 19.5 Å². The summed E-state index contributed by atoms with van der Waals surface area (Å²) < 4.78 is 5.16. The van der Waals surface area contributed by atoms with Gasteiger partial charge in [-0.1, -0.05) is 18.6 Å². The summed E-state index contributed by atoms with van der Waals surface area (Å²) in [6.45, 7) is 2.05. The van der Waals surface area contributed by atoms with Crippen LogP contribution in [0.15, 0.2) is 24.3 Å². The Kier molecular flexibility index (Phi) is 5.23. The summed E-state index contributed by atoms with van der Waals surface area (Å²) in [5, 5.41) is 0. The minimum Gasteiger partial charge on any atom is -0.497 e. The molecule has 2 N–H and O–H groups in total. The van der Waals surface area contributed by atoms with Crippen LogP contribution in [0.2, 0.25) is 0 Å². The van der Waals surface area contributed by atoms with Crippen molar-refractivity contribution in [3.63, 3.8) is 0 Å². The Labute approximate surface area is 127 Å². The van der Waals surface area contributed by atoms with Gasteiger partial charge in [-0.15, -0.1) is 0 Å². The van der Waals surface area contributed by atoms with Crippen LogP contribution in [-0.2, 0) is 4.79 Å². The SMILES string of the molecule is COc1ccc(C(C)N(C)C(=O)C[C@@H]2CCC[C@H]2N)cc1. The van der Waals surface area contributed by atoms with Crippen molar-refractivity contribution in [2.45, 2.75) is 44.7 Å². The fourth-order valence-corrected chi connectivity index (χ4v) is 3.01. The first-order chi connectivity index (χ1) is 10.0. The quantitative estimate of drug-likeness (QED) is 0.907. The maximum Gasteiger partial charge on any atom is 0.223 e. The van der Waals surface area contributed by atoms with E-state index < -0.39 is 0 Å². The van der Waals surface area contributed by atoms with Crippen molar-refractivity contribution >= 4 is 5.91 Å². The highest BCUT2D eigenvalue weighted by Gasteiger charge is 2.28. The number of nitrogens with zero attached hydrogens (tertiary/aromatic N) is 1. The molecule has 4 heteroatoms. The predicted octanol–water partition coefficient (Wildman–Crippen LogP) is 2.73. The van der Waals surface area contributed by atoms with Crippen LogP contribution in [0.3, 0.4) is 0 Å². The molecule has 4 nitrogen and oxygen atoms in total. The van der Waals surface area contributed by atoms with Gasteiger partial charge in [0.1, 0.15) is 5.75 Å². The van der Waals surface area contributed by atoms with Gasteiger partial charge in [0.05, 0.1) is 13.2 Å². The maximum absolute atomic E-state index is 12.4. The second kappa shape index (κ2) is 6.94. The predicted molar refractivity (Wildman–Crippen MR) is 84.1 cm³/mol. The second-order valence-corrected chi connectivity index (χ2v) is 6.01. The highest BCUT2D eigenvalue weighted by molar-refractivity contribution is 5.76. The van der Waals surface area contributed by atoms with E-state index >= 15 is 0 Å². The van der Waals surface area contributed by atoms with Gasteiger partial charge in [-0.05, 0) is 43.4 Å². The van der Waals surface area contributed by atoms with Gasteiger partial charge in [0.2, 0.25) is 5.91 Å². The molecule has 0 saturated heterocycles. The minimum atomic E-state index is 0.0565. The van der Waals surface area contributed by atoms with E-state index in [0.29, 0.717) is 12.3 Å². The summed E-state index contributed by atoms with van der Waals surface area (Å²) in [4.78, 5) is 14.3. The van der Waals surface area contributed by atoms with Crippen LogP contribution in [0.5, 0.6) is 5.75 Å². The fraction of sp³-hybridized carbons (Fsp3) is 0.588. The second-order valence-electron chi connectivity index (χ2n) is 6.01. The Morgan fingerprint density at radius 2 is 2.05 bits per heavy atom. The number of carbonyl (C=O) groups excluding carboxylic acids is 1.